The Kier molecular flexibility index (Phi) is 4.29. The van der Waals surface area contributed by atoms with Crippen LogP contribution in [0.3, 0.4) is 0 Å². The van der Waals surface area contributed by atoms with Gasteiger partial charge in [-0.1, -0.05) is 6.92 Å². The average molecular weight is 228 g/mol. The summed E-state index contributed by atoms with van der Waals surface area (Å²) in [5, 5.41) is 11.7. The van der Waals surface area contributed by atoms with E-state index in [0.717, 1.165) is 19.3 Å². The number of hydrogen-bond acceptors (Lipinski definition) is 3. The lowest BCUT2D eigenvalue weighted by Crippen LogP contribution is -2.56. The Morgan fingerprint density at radius 2 is 2.12 bits per heavy atom. The summed E-state index contributed by atoms with van der Waals surface area (Å²) < 4.78 is 0. The van der Waals surface area contributed by atoms with Crippen LogP contribution in [0.1, 0.15) is 39.0 Å². The molecule has 0 aromatic carbocycles. The summed E-state index contributed by atoms with van der Waals surface area (Å²) in [4.78, 5) is 22.5. The quantitative estimate of drug-likeness (QED) is 0.616. The number of carboxylic acid groups (broad SMARTS) is 1. The fourth-order valence-electron chi connectivity index (χ4n) is 2.00. The van der Waals surface area contributed by atoms with Crippen molar-refractivity contribution in [3.8, 4) is 0 Å². The zero-order valence-electron chi connectivity index (χ0n) is 9.66. The second-order valence-corrected chi connectivity index (χ2v) is 4.67. The van der Waals surface area contributed by atoms with E-state index in [1.807, 2.05) is 6.92 Å². The highest BCUT2D eigenvalue weighted by molar-refractivity contribution is 5.80. The second kappa shape index (κ2) is 5.30. The topological polar surface area (TPSA) is 92.4 Å². The normalized spacial score (nSPS) is 19.6. The first-order valence-corrected chi connectivity index (χ1v) is 5.73. The Morgan fingerprint density at radius 1 is 1.50 bits per heavy atom. The smallest absolute Gasteiger partial charge is 0.305 e. The van der Waals surface area contributed by atoms with Crippen molar-refractivity contribution in [2.75, 3.05) is 6.54 Å². The zero-order valence-corrected chi connectivity index (χ0v) is 9.66. The monoisotopic (exact) mass is 228 g/mol. The van der Waals surface area contributed by atoms with Crippen LogP contribution in [0.4, 0.5) is 0 Å². The molecule has 16 heavy (non-hydrogen) atoms. The van der Waals surface area contributed by atoms with Gasteiger partial charge in [0.1, 0.15) is 0 Å². The third-order valence-corrected chi connectivity index (χ3v) is 3.24. The molecule has 1 unspecified atom stereocenters. The third kappa shape index (κ3) is 3.20. The number of nitrogens with one attached hydrogen (secondary N) is 1. The van der Waals surface area contributed by atoms with E-state index in [1.54, 1.807) is 0 Å². The third-order valence-electron chi connectivity index (χ3n) is 3.24. The highest BCUT2D eigenvalue weighted by Crippen LogP contribution is 2.35. The maximum Gasteiger partial charge on any atom is 0.305 e. The molecule has 5 heteroatoms. The lowest BCUT2D eigenvalue weighted by Gasteiger charge is -2.42. The van der Waals surface area contributed by atoms with Crippen molar-refractivity contribution in [2.45, 2.75) is 44.6 Å². The van der Waals surface area contributed by atoms with Crippen molar-refractivity contribution in [3.63, 3.8) is 0 Å². The molecule has 1 aliphatic rings. The van der Waals surface area contributed by atoms with Crippen LogP contribution >= 0.6 is 0 Å². The molecule has 0 aromatic rings. The molecule has 1 saturated carbocycles. The minimum absolute atomic E-state index is 0.0219. The molecule has 1 amide bonds. The van der Waals surface area contributed by atoms with Crippen LogP contribution in [0.25, 0.3) is 0 Å². The Bertz CT molecular complexity index is 274. The first-order valence-electron chi connectivity index (χ1n) is 5.73. The lowest BCUT2D eigenvalue weighted by molar-refractivity contribution is -0.140. The maximum atomic E-state index is 11.8. The fourth-order valence-corrected chi connectivity index (χ4v) is 2.00. The molecule has 5 nitrogen and oxygen atoms in total. The van der Waals surface area contributed by atoms with E-state index in [4.69, 9.17) is 10.8 Å². The number of rotatable bonds is 6. The number of carbonyl (C=O) groups excluding carboxylic acids is 1. The lowest BCUT2D eigenvalue weighted by atomic mass is 9.74. The summed E-state index contributed by atoms with van der Waals surface area (Å²) >= 11 is 0. The maximum absolute atomic E-state index is 11.8. The Hall–Kier alpha value is -1.10. The molecule has 1 atom stereocenters. The van der Waals surface area contributed by atoms with Crippen LogP contribution in [0, 0.1) is 5.92 Å². The number of nitrogens with two attached hydrogens (primary N) is 1. The molecule has 0 aliphatic heterocycles. The zero-order chi connectivity index (χ0) is 12.2. The standard InChI is InChI=1S/C11H20N2O3/c1-8(3-6-12)10(16)13-11(4-2-5-11)7-9(14)15/h8H,2-7,12H2,1H3,(H,13,16)(H,14,15). The highest BCUT2D eigenvalue weighted by Gasteiger charge is 2.40. The molecule has 1 aliphatic carbocycles. The molecule has 92 valence electrons. The molecule has 1 rings (SSSR count). The van der Waals surface area contributed by atoms with Crippen molar-refractivity contribution < 1.29 is 14.7 Å². The molecule has 0 aromatic heterocycles. The molecule has 0 bridgehead atoms. The predicted molar refractivity (Wildman–Crippen MR) is 59.8 cm³/mol. The van der Waals surface area contributed by atoms with E-state index < -0.39 is 11.5 Å². The van der Waals surface area contributed by atoms with Crippen molar-refractivity contribution in [1.82, 2.24) is 5.32 Å². The van der Waals surface area contributed by atoms with E-state index in [1.165, 1.54) is 0 Å². The van der Waals surface area contributed by atoms with E-state index in [0.29, 0.717) is 13.0 Å². The van der Waals surface area contributed by atoms with Gasteiger partial charge in [-0.2, -0.15) is 0 Å². The van der Waals surface area contributed by atoms with Crippen LogP contribution < -0.4 is 11.1 Å². The molecule has 0 saturated heterocycles. The molecule has 4 N–H and O–H groups in total. The number of carbonyl (C=O) groups is 2. The van der Waals surface area contributed by atoms with Crippen molar-refractivity contribution in [3.05, 3.63) is 0 Å². The van der Waals surface area contributed by atoms with Gasteiger partial charge in [0.2, 0.25) is 5.91 Å². The second-order valence-electron chi connectivity index (χ2n) is 4.67. The average Bonchev–Trinajstić information content (AvgIpc) is 2.13. The Balaban J connectivity index is 2.49. The van der Waals surface area contributed by atoms with Crippen molar-refractivity contribution >= 4 is 11.9 Å². The molecule has 0 heterocycles. The Morgan fingerprint density at radius 3 is 2.50 bits per heavy atom. The number of amides is 1. The van der Waals surface area contributed by atoms with Gasteiger partial charge in [0.05, 0.1) is 12.0 Å². The summed E-state index contributed by atoms with van der Waals surface area (Å²) in [6.45, 7) is 2.29. The van der Waals surface area contributed by atoms with Crippen LogP contribution in [0.2, 0.25) is 0 Å². The van der Waals surface area contributed by atoms with Crippen molar-refractivity contribution in [2.24, 2.45) is 11.7 Å². The van der Waals surface area contributed by atoms with Gasteiger partial charge in [-0.25, -0.2) is 0 Å². The number of carboxylic acids is 1. The molecular formula is C11H20N2O3. The first kappa shape index (κ1) is 13.0. The largest absolute Gasteiger partial charge is 0.481 e. The van der Waals surface area contributed by atoms with E-state index in [9.17, 15) is 9.59 Å². The Labute approximate surface area is 95.4 Å². The summed E-state index contributed by atoms with van der Waals surface area (Å²) in [5.41, 5.74) is 4.89. The predicted octanol–water partition coefficient (Wildman–Crippen LogP) is 0.485. The van der Waals surface area contributed by atoms with Gasteiger partial charge in [-0.3, -0.25) is 9.59 Å². The van der Waals surface area contributed by atoms with Crippen LogP contribution in [0.5, 0.6) is 0 Å². The van der Waals surface area contributed by atoms with Crippen molar-refractivity contribution in [1.29, 1.82) is 0 Å². The number of hydrogen-bond donors (Lipinski definition) is 3. The summed E-state index contributed by atoms with van der Waals surface area (Å²) in [7, 11) is 0. The number of aliphatic carboxylic acids is 1. The van der Waals surface area contributed by atoms with Gasteiger partial charge in [0.25, 0.3) is 0 Å². The first-order chi connectivity index (χ1) is 7.49. The van der Waals surface area contributed by atoms with E-state index in [-0.39, 0.29) is 18.2 Å². The van der Waals surface area contributed by atoms with Gasteiger partial charge in [0, 0.05) is 5.92 Å². The van der Waals surface area contributed by atoms with Gasteiger partial charge in [0.15, 0.2) is 0 Å². The minimum atomic E-state index is -0.855. The van der Waals surface area contributed by atoms with Crippen LogP contribution in [0.15, 0.2) is 0 Å². The molecular weight excluding hydrogens is 208 g/mol. The molecule has 1 fully saturated rings. The molecule has 0 spiro atoms. The van der Waals surface area contributed by atoms with Crippen LogP contribution in [-0.2, 0) is 9.59 Å². The minimum Gasteiger partial charge on any atom is -0.481 e. The SMILES string of the molecule is CC(CCN)C(=O)NC1(CC(=O)O)CCC1. The van der Waals surface area contributed by atoms with Gasteiger partial charge in [-0.05, 0) is 32.2 Å². The fraction of sp³-hybridized carbons (Fsp3) is 0.818. The molecule has 0 radical (unpaired) electrons. The van der Waals surface area contributed by atoms with Gasteiger partial charge in [-0.15, -0.1) is 0 Å². The van der Waals surface area contributed by atoms with E-state index >= 15 is 0 Å². The summed E-state index contributed by atoms with van der Waals surface area (Å²) in [6.07, 6.45) is 3.17. The van der Waals surface area contributed by atoms with Gasteiger partial charge >= 0.3 is 5.97 Å². The van der Waals surface area contributed by atoms with Crippen LogP contribution in [-0.4, -0.2) is 29.1 Å². The summed E-state index contributed by atoms with van der Waals surface area (Å²) in [6, 6.07) is 0. The van der Waals surface area contributed by atoms with E-state index in [2.05, 4.69) is 5.32 Å². The highest BCUT2D eigenvalue weighted by atomic mass is 16.4. The summed E-state index contributed by atoms with van der Waals surface area (Å²) in [5.74, 6) is -1.07. The van der Waals surface area contributed by atoms with Gasteiger partial charge < -0.3 is 16.2 Å².